The number of rotatable bonds is 12. The van der Waals surface area contributed by atoms with Crippen molar-refractivity contribution in [2.45, 2.75) is 65.3 Å². The van der Waals surface area contributed by atoms with Crippen LogP contribution in [0.25, 0.3) is 0 Å². The smallest absolute Gasteiger partial charge is 0.220 e. The van der Waals surface area contributed by atoms with Crippen LogP contribution in [0.3, 0.4) is 0 Å². The van der Waals surface area contributed by atoms with Gasteiger partial charge in [0, 0.05) is 19.0 Å². The summed E-state index contributed by atoms with van der Waals surface area (Å²) < 4.78 is 0. The molecule has 0 aromatic carbocycles. The highest BCUT2D eigenvalue weighted by Crippen LogP contribution is 2.14. The van der Waals surface area contributed by atoms with E-state index in [-0.39, 0.29) is 5.91 Å². The summed E-state index contributed by atoms with van der Waals surface area (Å²) in [5.41, 5.74) is 5.57. The number of carbonyl (C=O) groups is 1. The van der Waals surface area contributed by atoms with Gasteiger partial charge in [0.05, 0.1) is 0 Å². The Morgan fingerprint density at radius 1 is 1.25 bits per heavy atom. The topological polar surface area (TPSA) is 58.4 Å². The highest BCUT2D eigenvalue weighted by atomic mass is 16.1. The molecule has 0 aliphatic carbocycles. The van der Waals surface area contributed by atoms with Gasteiger partial charge in [-0.15, -0.1) is 0 Å². The Hall–Kier alpha value is -0.610. The van der Waals surface area contributed by atoms with Crippen LogP contribution in [-0.2, 0) is 4.79 Å². The molecule has 0 aliphatic heterocycles. The zero-order valence-electron chi connectivity index (χ0n) is 14.0. The summed E-state index contributed by atoms with van der Waals surface area (Å²) in [6.07, 6.45) is 5.96. The van der Waals surface area contributed by atoms with Crippen LogP contribution in [0.4, 0.5) is 0 Å². The SMILES string of the molecule is CCC(CCN)CCC(=O)NCCCCN(C)C(C)C. The van der Waals surface area contributed by atoms with Crippen molar-refractivity contribution in [3.8, 4) is 0 Å². The monoisotopic (exact) mass is 285 g/mol. The normalized spacial score (nSPS) is 12.9. The molecule has 0 aromatic heterocycles. The Morgan fingerprint density at radius 2 is 1.95 bits per heavy atom. The van der Waals surface area contributed by atoms with Gasteiger partial charge in [0.2, 0.25) is 5.91 Å². The van der Waals surface area contributed by atoms with Crippen molar-refractivity contribution in [2.24, 2.45) is 11.7 Å². The minimum Gasteiger partial charge on any atom is -0.356 e. The fourth-order valence-electron chi connectivity index (χ4n) is 2.18. The van der Waals surface area contributed by atoms with Gasteiger partial charge in [-0.2, -0.15) is 0 Å². The molecule has 20 heavy (non-hydrogen) atoms. The summed E-state index contributed by atoms with van der Waals surface area (Å²) in [5.74, 6) is 0.795. The molecular weight excluding hydrogens is 250 g/mol. The van der Waals surface area contributed by atoms with Gasteiger partial charge in [0.25, 0.3) is 0 Å². The van der Waals surface area contributed by atoms with Crippen molar-refractivity contribution in [3.05, 3.63) is 0 Å². The zero-order valence-corrected chi connectivity index (χ0v) is 14.0. The molecule has 0 aliphatic rings. The Labute approximate surface area is 125 Å². The summed E-state index contributed by atoms with van der Waals surface area (Å²) in [6.45, 7) is 9.20. The third kappa shape index (κ3) is 10.2. The van der Waals surface area contributed by atoms with Crippen LogP contribution in [0.5, 0.6) is 0 Å². The predicted octanol–water partition coefficient (Wildman–Crippen LogP) is 2.38. The molecule has 0 bridgehead atoms. The first-order chi connectivity index (χ1) is 9.51. The van der Waals surface area contributed by atoms with E-state index in [9.17, 15) is 4.79 Å². The van der Waals surface area contributed by atoms with Gasteiger partial charge in [-0.3, -0.25) is 4.79 Å². The lowest BCUT2D eigenvalue weighted by Crippen LogP contribution is -2.29. The number of nitrogens with one attached hydrogen (secondary N) is 1. The molecule has 0 heterocycles. The quantitative estimate of drug-likeness (QED) is 0.541. The Morgan fingerprint density at radius 3 is 2.50 bits per heavy atom. The Balaban J connectivity index is 3.54. The van der Waals surface area contributed by atoms with E-state index in [1.54, 1.807) is 0 Å². The van der Waals surface area contributed by atoms with E-state index >= 15 is 0 Å². The summed E-state index contributed by atoms with van der Waals surface area (Å²) in [4.78, 5) is 14.1. The van der Waals surface area contributed by atoms with Crippen molar-refractivity contribution in [1.82, 2.24) is 10.2 Å². The molecule has 0 spiro atoms. The second kappa shape index (κ2) is 12.2. The van der Waals surface area contributed by atoms with E-state index < -0.39 is 0 Å². The maximum atomic E-state index is 11.7. The predicted molar refractivity (Wildman–Crippen MR) is 86.7 cm³/mol. The van der Waals surface area contributed by atoms with Crippen LogP contribution >= 0.6 is 0 Å². The van der Waals surface area contributed by atoms with Gasteiger partial charge in [-0.05, 0) is 65.6 Å². The van der Waals surface area contributed by atoms with Crippen LogP contribution in [0, 0.1) is 5.92 Å². The van der Waals surface area contributed by atoms with Gasteiger partial charge in [0.15, 0.2) is 0 Å². The molecule has 1 amide bonds. The fraction of sp³-hybridized carbons (Fsp3) is 0.938. The second-order valence-corrected chi connectivity index (χ2v) is 6.02. The highest BCUT2D eigenvalue weighted by Gasteiger charge is 2.08. The van der Waals surface area contributed by atoms with E-state index in [2.05, 4.69) is 38.0 Å². The average Bonchev–Trinajstić information content (AvgIpc) is 2.42. The molecule has 1 atom stereocenters. The van der Waals surface area contributed by atoms with Crippen molar-refractivity contribution in [3.63, 3.8) is 0 Å². The van der Waals surface area contributed by atoms with E-state index in [1.807, 2.05) is 0 Å². The maximum absolute atomic E-state index is 11.7. The van der Waals surface area contributed by atoms with Crippen LogP contribution in [0.2, 0.25) is 0 Å². The first kappa shape index (κ1) is 19.4. The lowest BCUT2D eigenvalue weighted by molar-refractivity contribution is -0.121. The number of nitrogens with zero attached hydrogens (tertiary/aromatic N) is 1. The van der Waals surface area contributed by atoms with E-state index in [4.69, 9.17) is 5.73 Å². The van der Waals surface area contributed by atoms with Crippen molar-refractivity contribution in [2.75, 3.05) is 26.7 Å². The molecule has 4 nitrogen and oxygen atoms in total. The number of unbranched alkanes of at least 4 members (excludes halogenated alkanes) is 1. The molecule has 4 heteroatoms. The lowest BCUT2D eigenvalue weighted by Gasteiger charge is -2.20. The molecule has 3 N–H and O–H groups in total. The van der Waals surface area contributed by atoms with Crippen molar-refractivity contribution < 1.29 is 4.79 Å². The first-order valence-corrected chi connectivity index (χ1v) is 8.18. The number of carbonyl (C=O) groups excluding carboxylic acids is 1. The van der Waals surface area contributed by atoms with Crippen molar-refractivity contribution >= 4 is 5.91 Å². The van der Waals surface area contributed by atoms with E-state index in [0.717, 1.165) is 51.7 Å². The molecule has 0 fully saturated rings. The highest BCUT2D eigenvalue weighted by molar-refractivity contribution is 5.75. The largest absolute Gasteiger partial charge is 0.356 e. The Kier molecular flexibility index (Phi) is 11.8. The summed E-state index contributed by atoms with van der Waals surface area (Å²) in [6, 6.07) is 0.595. The minimum atomic E-state index is 0.192. The Bertz CT molecular complexity index is 244. The molecule has 0 aromatic rings. The molecule has 0 radical (unpaired) electrons. The van der Waals surface area contributed by atoms with Gasteiger partial charge >= 0.3 is 0 Å². The van der Waals surface area contributed by atoms with Gasteiger partial charge in [-0.25, -0.2) is 0 Å². The van der Waals surface area contributed by atoms with Crippen LogP contribution in [-0.4, -0.2) is 43.5 Å². The third-order valence-corrected chi connectivity index (χ3v) is 4.07. The summed E-state index contributed by atoms with van der Waals surface area (Å²) >= 11 is 0. The van der Waals surface area contributed by atoms with Crippen LogP contribution in [0.1, 0.15) is 59.3 Å². The van der Waals surface area contributed by atoms with Gasteiger partial charge < -0.3 is 16.0 Å². The van der Waals surface area contributed by atoms with Gasteiger partial charge in [-0.1, -0.05) is 13.3 Å². The first-order valence-electron chi connectivity index (χ1n) is 8.18. The molecular formula is C16H35N3O. The maximum Gasteiger partial charge on any atom is 0.220 e. The molecule has 0 rings (SSSR count). The number of hydrogen-bond acceptors (Lipinski definition) is 3. The molecule has 1 unspecified atom stereocenters. The summed E-state index contributed by atoms with van der Waals surface area (Å²) in [5, 5.41) is 3.02. The summed E-state index contributed by atoms with van der Waals surface area (Å²) in [7, 11) is 2.14. The third-order valence-electron chi connectivity index (χ3n) is 4.07. The number of amides is 1. The van der Waals surface area contributed by atoms with Crippen LogP contribution in [0.15, 0.2) is 0 Å². The average molecular weight is 285 g/mol. The number of nitrogens with two attached hydrogens (primary N) is 1. The molecule has 0 saturated heterocycles. The number of hydrogen-bond donors (Lipinski definition) is 2. The standard InChI is InChI=1S/C16H35N3O/c1-5-15(10-11-17)8-9-16(20)18-12-6-7-13-19(4)14(2)3/h14-15H,5-13,17H2,1-4H3,(H,18,20). The fourth-order valence-corrected chi connectivity index (χ4v) is 2.18. The van der Waals surface area contributed by atoms with E-state index in [1.165, 1.54) is 0 Å². The zero-order chi connectivity index (χ0) is 15.4. The minimum absolute atomic E-state index is 0.192. The second-order valence-electron chi connectivity index (χ2n) is 6.02. The molecule has 120 valence electrons. The van der Waals surface area contributed by atoms with Gasteiger partial charge in [0.1, 0.15) is 0 Å². The lowest BCUT2D eigenvalue weighted by atomic mass is 9.96. The van der Waals surface area contributed by atoms with Crippen LogP contribution < -0.4 is 11.1 Å². The molecule has 0 saturated carbocycles. The van der Waals surface area contributed by atoms with E-state index in [0.29, 0.717) is 18.4 Å². The van der Waals surface area contributed by atoms with Crippen molar-refractivity contribution in [1.29, 1.82) is 0 Å².